The highest BCUT2D eigenvalue weighted by atomic mass is 16.4. The van der Waals surface area contributed by atoms with E-state index >= 15 is 0 Å². The first-order valence-electron chi connectivity index (χ1n) is 6.43. The Morgan fingerprint density at radius 3 is 2.85 bits per heavy atom. The first-order chi connectivity index (χ1) is 9.59. The Labute approximate surface area is 115 Å². The molecule has 2 rings (SSSR count). The molecule has 0 bridgehead atoms. The maximum Gasteiger partial charge on any atom is 0.326 e. The number of carboxylic acids is 1. The fourth-order valence-corrected chi connectivity index (χ4v) is 2.24. The number of carboxylic acid groups (broad SMARTS) is 1. The average Bonchev–Trinajstić information content (AvgIpc) is 2.98. The zero-order chi connectivity index (χ0) is 14.5. The van der Waals surface area contributed by atoms with E-state index in [-0.39, 0.29) is 12.3 Å². The monoisotopic (exact) mass is 280 g/mol. The molecule has 7 nitrogen and oxygen atoms in total. The Balaban J connectivity index is 1.90. The quantitative estimate of drug-likeness (QED) is 0.835. The third-order valence-electron chi connectivity index (χ3n) is 3.25. The van der Waals surface area contributed by atoms with E-state index in [4.69, 9.17) is 9.52 Å². The Kier molecular flexibility index (Phi) is 4.39. The average molecular weight is 280 g/mol. The molecule has 0 saturated carbocycles. The van der Waals surface area contributed by atoms with E-state index in [2.05, 4.69) is 5.32 Å². The number of aliphatic carboxylic acids is 1. The van der Waals surface area contributed by atoms with Crippen molar-refractivity contribution in [1.82, 2.24) is 10.2 Å². The lowest BCUT2D eigenvalue weighted by Gasteiger charge is -2.32. The highest BCUT2D eigenvalue weighted by Crippen LogP contribution is 2.17. The summed E-state index contributed by atoms with van der Waals surface area (Å²) in [6.07, 6.45) is 3.39. The summed E-state index contributed by atoms with van der Waals surface area (Å²) in [5.41, 5.74) is 0. The van der Waals surface area contributed by atoms with E-state index < -0.39 is 23.8 Å². The van der Waals surface area contributed by atoms with Crippen molar-refractivity contribution in [1.29, 1.82) is 0 Å². The third-order valence-corrected chi connectivity index (χ3v) is 3.25. The zero-order valence-corrected chi connectivity index (χ0v) is 10.9. The van der Waals surface area contributed by atoms with Crippen LogP contribution in [0.5, 0.6) is 0 Å². The van der Waals surface area contributed by atoms with E-state index in [1.54, 1.807) is 6.07 Å². The molecule has 1 aromatic rings. The summed E-state index contributed by atoms with van der Waals surface area (Å²) in [6, 6.07) is 2.26. The van der Waals surface area contributed by atoms with Gasteiger partial charge in [-0.25, -0.2) is 4.79 Å². The van der Waals surface area contributed by atoms with Gasteiger partial charge in [-0.2, -0.15) is 0 Å². The van der Waals surface area contributed by atoms with E-state index in [9.17, 15) is 14.4 Å². The number of rotatable bonds is 4. The molecule has 2 amide bonds. The molecular formula is C13H16N2O5. The molecule has 0 aliphatic carbocycles. The van der Waals surface area contributed by atoms with Crippen molar-refractivity contribution in [3.63, 3.8) is 0 Å². The zero-order valence-electron chi connectivity index (χ0n) is 10.9. The minimum atomic E-state index is -1.00. The van der Waals surface area contributed by atoms with Crippen LogP contribution in [0.25, 0.3) is 0 Å². The molecule has 0 radical (unpaired) electrons. The molecule has 2 N–H and O–H groups in total. The third kappa shape index (κ3) is 3.17. The number of nitrogens with zero attached hydrogens (tertiary/aromatic N) is 1. The van der Waals surface area contributed by atoms with Crippen molar-refractivity contribution >= 4 is 17.8 Å². The Morgan fingerprint density at radius 1 is 1.40 bits per heavy atom. The number of piperidine rings is 1. The lowest BCUT2D eigenvalue weighted by Crippen LogP contribution is -2.51. The summed E-state index contributed by atoms with van der Waals surface area (Å²) in [7, 11) is 0. The molecule has 20 heavy (non-hydrogen) atoms. The molecule has 1 atom stereocenters. The first-order valence-corrected chi connectivity index (χ1v) is 6.43. The molecule has 2 heterocycles. The van der Waals surface area contributed by atoms with Crippen molar-refractivity contribution in [2.45, 2.75) is 25.3 Å². The second-order valence-electron chi connectivity index (χ2n) is 4.60. The van der Waals surface area contributed by atoms with Crippen molar-refractivity contribution in [2.24, 2.45) is 0 Å². The second kappa shape index (κ2) is 6.23. The summed E-state index contributed by atoms with van der Waals surface area (Å²) in [6.45, 7) is 0.176. The molecule has 0 spiro atoms. The van der Waals surface area contributed by atoms with Crippen LogP contribution < -0.4 is 5.32 Å². The number of amides is 2. The number of likely N-dealkylation sites (tertiary alicyclic amines) is 1. The van der Waals surface area contributed by atoms with Gasteiger partial charge < -0.3 is 19.7 Å². The minimum absolute atomic E-state index is 0.117. The van der Waals surface area contributed by atoms with Gasteiger partial charge in [0, 0.05) is 6.54 Å². The number of carbonyl (C=O) groups excluding carboxylic acids is 2. The van der Waals surface area contributed by atoms with Gasteiger partial charge in [-0.1, -0.05) is 0 Å². The molecule has 1 fully saturated rings. The highest BCUT2D eigenvalue weighted by Gasteiger charge is 2.31. The summed E-state index contributed by atoms with van der Waals surface area (Å²) < 4.78 is 4.90. The fraction of sp³-hybridized carbons (Fsp3) is 0.462. The van der Waals surface area contributed by atoms with Gasteiger partial charge in [0.2, 0.25) is 5.91 Å². The SMILES string of the molecule is O=C(NCC(=O)N1CCCC[C@H]1C(=O)O)c1ccco1. The van der Waals surface area contributed by atoms with Crippen LogP contribution in [0.2, 0.25) is 0 Å². The van der Waals surface area contributed by atoms with E-state index in [0.717, 1.165) is 12.8 Å². The molecule has 1 aromatic heterocycles. The highest BCUT2D eigenvalue weighted by molar-refractivity contribution is 5.94. The standard InChI is InChI=1S/C13H16N2O5/c16-11(8-14-12(17)10-5-3-7-20-10)15-6-2-1-4-9(15)13(18)19/h3,5,7,9H,1-2,4,6,8H2,(H,14,17)(H,18,19)/t9-/m0/s1. The van der Waals surface area contributed by atoms with Crippen LogP contribution in [-0.4, -0.2) is 46.9 Å². The number of furan rings is 1. The van der Waals surface area contributed by atoms with Gasteiger partial charge in [0.15, 0.2) is 5.76 Å². The number of hydrogen-bond donors (Lipinski definition) is 2. The predicted octanol–water partition coefficient (Wildman–Crippen LogP) is 0.475. The summed E-state index contributed by atoms with van der Waals surface area (Å²) in [5, 5.41) is 11.5. The molecule has 0 unspecified atom stereocenters. The number of nitrogens with one attached hydrogen (secondary N) is 1. The number of hydrogen-bond acceptors (Lipinski definition) is 4. The summed E-state index contributed by atoms with van der Waals surface area (Å²) in [5.74, 6) is -1.77. The largest absolute Gasteiger partial charge is 0.480 e. The van der Waals surface area contributed by atoms with Crippen LogP contribution in [0.3, 0.4) is 0 Å². The molecule has 1 aliphatic heterocycles. The van der Waals surface area contributed by atoms with E-state index in [1.807, 2.05) is 0 Å². The second-order valence-corrected chi connectivity index (χ2v) is 4.60. The van der Waals surface area contributed by atoms with Crippen molar-refractivity contribution < 1.29 is 23.9 Å². The van der Waals surface area contributed by atoms with Gasteiger partial charge >= 0.3 is 5.97 Å². The molecule has 1 saturated heterocycles. The van der Waals surface area contributed by atoms with Crippen LogP contribution in [0.4, 0.5) is 0 Å². The normalized spacial score (nSPS) is 18.6. The van der Waals surface area contributed by atoms with Gasteiger partial charge in [0.25, 0.3) is 5.91 Å². The van der Waals surface area contributed by atoms with Crippen LogP contribution >= 0.6 is 0 Å². The lowest BCUT2D eigenvalue weighted by atomic mass is 10.0. The number of carbonyl (C=O) groups is 3. The van der Waals surface area contributed by atoms with E-state index in [1.165, 1.54) is 17.2 Å². The topological polar surface area (TPSA) is 99.9 Å². The molecule has 1 aliphatic rings. The molecule has 108 valence electrons. The van der Waals surface area contributed by atoms with Gasteiger partial charge in [-0.15, -0.1) is 0 Å². The van der Waals surface area contributed by atoms with Crippen molar-refractivity contribution in [2.75, 3.05) is 13.1 Å². The summed E-state index contributed by atoms with van der Waals surface area (Å²) in [4.78, 5) is 36.0. The van der Waals surface area contributed by atoms with Crippen LogP contribution in [-0.2, 0) is 9.59 Å². The van der Waals surface area contributed by atoms with Gasteiger partial charge in [0.05, 0.1) is 12.8 Å². The Bertz CT molecular complexity index is 497. The molecule has 7 heteroatoms. The Hall–Kier alpha value is -2.31. The fourth-order valence-electron chi connectivity index (χ4n) is 2.24. The van der Waals surface area contributed by atoms with Crippen LogP contribution in [0.1, 0.15) is 29.8 Å². The van der Waals surface area contributed by atoms with Crippen molar-refractivity contribution in [3.8, 4) is 0 Å². The van der Waals surface area contributed by atoms with Gasteiger partial charge in [-0.3, -0.25) is 9.59 Å². The van der Waals surface area contributed by atoms with Crippen LogP contribution in [0, 0.1) is 0 Å². The van der Waals surface area contributed by atoms with E-state index in [0.29, 0.717) is 13.0 Å². The minimum Gasteiger partial charge on any atom is -0.480 e. The lowest BCUT2D eigenvalue weighted by molar-refractivity contribution is -0.151. The maximum atomic E-state index is 12.0. The van der Waals surface area contributed by atoms with Gasteiger partial charge in [0.1, 0.15) is 6.04 Å². The van der Waals surface area contributed by atoms with Crippen molar-refractivity contribution in [3.05, 3.63) is 24.2 Å². The molecular weight excluding hydrogens is 264 g/mol. The summed E-state index contributed by atoms with van der Waals surface area (Å²) >= 11 is 0. The Morgan fingerprint density at radius 2 is 2.20 bits per heavy atom. The molecule has 0 aromatic carbocycles. The predicted molar refractivity (Wildman–Crippen MR) is 68.0 cm³/mol. The smallest absolute Gasteiger partial charge is 0.326 e. The van der Waals surface area contributed by atoms with Crippen LogP contribution in [0.15, 0.2) is 22.8 Å². The maximum absolute atomic E-state index is 12.0. The first kappa shape index (κ1) is 14.1. The van der Waals surface area contributed by atoms with Gasteiger partial charge in [-0.05, 0) is 31.4 Å².